The van der Waals surface area contributed by atoms with Crippen molar-refractivity contribution < 1.29 is 33.5 Å². The third-order valence-corrected chi connectivity index (χ3v) is 5.13. The molecule has 0 heterocycles. The van der Waals surface area contributed by atoms with E-state index in [1.807, 2.05) is 0 Å². The van der Waals surface area contributed by atoms with Gasteiger partial charge in [-0.15, -0.1) is 0 Å². The maximum absolute atomic E-state index is 13.0. The summed E-state index contributed by atoms with van der Waals surface area (Å²) >= 11 is 0. The molecule has 2 atom stereocenters. The topological polar surface area (TPSA) is 198 Å². The second-order valence-electron chi connectivity index (χ2n) is 8.60. The van der Waals surface area contributed by atoms with Gasteiger partial charge in [0, 0.05) is 26.2 Å². The van der Waals surface area contributed by atoms with Crippen LogP contribution in [0.5, 0.6) is 0 Å². The first-order valence-electron chi connectivity index (χ1n) is 11.8. The van der Waals surface area contributed by atoms with E-state index in [2.05, 4.69) is 26.6 Å². The van der Waals surface area contributed by atoms with Gasteiger partial charge >= 0.3 is 12.0 Å². The van der Waals surface area contributed by atoms with E-state index < -0.39 is 54.1 Å². The fraction of sp³-hybridized carbons (Fsp3) is 0.500. The van der Waals surface area contributed by atoms with Crippen molar-refractivity contribution >= 4 is 41.3 Å². The molecule has 13 heteroatoms. The van der Waals surface area contributed by atoms with Crippen molar-refractivity contribution in [3.05, 3.63) is 29.8 Å². The number of amides is 6. The van der Waals surface area contributed by atoms with Gasteiger partial charge in [-0.25, -0.2) is 4.79 Å². The van der Waals surface area contributed by atoms with Crippen molar-refractivity contribution in [2.24, 2.45) is 11.7 Å². The highest BCUT2D eigenvalue weighted by atomic mass is 16.5. The standard InChI is InChI=1S/C24H36N6O7/c1-14(2)21(30-20(33)12-19(32)26-4)23(35)29-18(6-5-11-27-24(25)36)22(34)28-17-9-7-16(8-10-17)13-37-15(3)31/h7-10,14,18,21H,5-6,11-13H2,1-4H3,(H,26,32)(H,28,34)(H,29,35)(H,30,33)(H3,25,27,36)/t18-,21-/m0/s1. The molecule has 7 N–H and O–H groups in total. The summed E-state index contributed by atoms with van der Waals surface area (Å²) in [4.78, 5) is 71.6. The van der Waals surface area contributed by atoms with Crippen LogP contribution in [-0.2, 0) is 35.3 Å². The van der Waals surface area contributed by atoms with Crippen molar-refractivity contribution in [2.75, 3.05) is 18.9 Å². The molecule has 0 aliphatic rings. The number of nitrogens with one attached hydrogen (secondary N) is 5. The zero-order valence-electron chi connectivity index (χ0n) is 21.5. The third kappa shape index (κ3) is 12.4. The predicted octanol–water partition coefficient (Wildman–Crippen LogP) is -0.102. The molecule has 0 aromatic heterocycles. The molecule has 0 bridgehead atoms. The summed E-state index contributed by atoms with van der Waals surface area (Å²) in [6.45, 7) is 5.02. The number of hydrogen-bond donors (Lipinski definition) is 6. The molecule has 6 amide bonds. The lowest BCUT2D eigenvalue weighted by Gasteiger charge is -2.25. The Labute approximate surface area is 215 Å². The lowest BCUT2D eigenvalue weighted by atomic mass is 10.0. The van der Waals surface area contributed by atoms with Gasteiger partial charge in [-0.2, -0.15) is 0 Å². The molecule has 0 aliphatic carbocycles. The van der Waals surface area contributed by atoms with Crippen LogP contribution in [0.3, 0.4) is 0 Å². The largest absolute Gasteiger partial charge is 0.461 e. The lowest BCUT2D eigenvalue weighted by molar-refractivity contribution is -0.142. The van der Waals surface area contributed by atoms with E-state index in [9.17, 15) is 28.8 Å². The van der Waals surface area contributed by atoms with Gasteiger partial charge in [0.05, 0.1) is 0 Å². The first-order chi connectivity index (χ1) is 17.4. The summed E-state index contributed by atoms with van der Waals surface area (Å²) < 4.78 is 4.93. The fourth-order valence-electron chi connectivity index (χ4n) is 3.14. The van der Waals surface area contributed by atoms with Crippen molar-refractivity contribution in [3.63, 3.8) is 0 Å². The van der Waals surface area contributed by atoms with Crippen LogP contribution in [0, 0.1) is 5.92 Å². The average molecular weight is 521 g/mol. The Balaban J connectivity index is 2.92. The summed E-state index contributed by atoms with van der Waals surface area (Å²) in [7, 11) is 1.39. The zero-order chi connectivity index (χ0) is 28.0. The molecule has 1 aromatic carbocycles. The van der Waals surface area contributed by atoms with Crippen molar-refractivity contribution in [1.29, 1.82) is 0 Å². The van der Waals surface area contributed by atoms with Crippen LogP contribution >= 0.6 is 0 Å². The minimum atomic E-state index is -1.00. The predicted molar refractivity (Wildman–Crippen MR) is 135 cm³/mol. The van der Waals surface area contributed by atoms with Crippen LogP contribution in [0.25, 0.3) is 0 Å². The number of ether oxygens (including phenoxy) is 1. The molecule has 0 spiro atoms. The minimum absolute atomic E-state index is 0.0946. The number of anilines is 1. The molecule has 0 aliphatic heterocycles. The average Bonchev–Trinajstić information content (AvgIpc) is 2.83. The molecule has 0 saturated carbocycles. The van der Waals surface area contributed by atoms with Gasteiger partial charge in [0.1, 0.15) is 25.1 Å². The Morgan fingerprint density at radius 3 is 2.14 bits per heavy atom. The van der Waals surface area contributed by atoms with E-state index in [0.717, 1.165) is 5.56 Å². The number of carbonyl (C=O) groups is 6. The Kier molecular flexibility index (Phi) is 13.1. The van der Waals surface area contributed by atoms with Crippen LogP contribution in [0.15, 0.2) is 24.3 Å². The van der Waals surface area contributed by atoms with Gasteiger partial charge in [-0.1, -0.05) is 26.0 Å². The zero-order valence-corrected chi connectivity index (χ0v) is 21.5. The second-order valence-corrected chi connectivity index (χ2v) is 8.60. The summed E-state index contributed by atoms with van der Waals surface area (Å²) in [5.41, 5.74) is 6.25. The normalized spacial score (nSPS) is 12.0. The maximum atomic E-state index is 13.0. The van der Waals surface area contributed by atoms with Gasteiger partial charge in [0.2, 0.25) is 23.6 Å². The molecular formula is C24H36N6O7. The van der Waals surface area contributed by atoms with E-state index in [1.165, 1.54) is 14.0 Å². The Morgan fingerprint density at radius 2 is 1.59 bits per heavy atom. The van der Waals surface area contributed by atoms with Crippen LogP contribution < -0.4 is 32.3 Å². The highest BCUT2D eigenvalue weighted by molar-refractivity contribution is 6.00. The van der Waals surface area contributed by atoms with Crippen molar-refractivity contribution in [2.45, 2.75) is 58.7 Å². The molecule has 1 aromatic rings. The minimum Gasteiger partial charge on any atom is -0.461 e. The molecule has 0 fully saturated rings. The molecular weight excluding hydrogens is 484 g/mol. The Hall–Kier alpha value is -4.16. The number of esters is 1. The number of rotatable bonds is 14. The molecule has 0 radical (unpaired) electrons. The van der Waals surface area contributed by atoms with Gasteiger partial charge in [-0.05, 0) is 36.5 Å². The Morgan fingerprint density at radius 1 is 0.946 bits per heavy atom. The van der Waals surface area contributed by atoms with Crippen LogP contribution in [0.2, 0.25) is 0 Å². The van der Waals surface area contributed by atoms with E-state index in [-0.39, 0.29) is 25.5 Å². The number of hydrogen-bond acceptors (Lipinski definition) is 7. The third-order valence-electron chi connectivity index (χ3n) is 5.13. The number of nitrogens with two attached hydrogens (primary N) is 1. The van der Waals surface area contributed by atoms with Crippen molar-refractivity contribution in [1.82, 2.24) is 21.3 Å². The van der Waals surface area contributed by atoms with Crippen molar-refractivity contribution in [3.8, 4) is 0 Å². The number of primary amides is 1. The van der Waals surface area contributed by atoms with E-state index in [0.29, 0.717) is 12.1 Å². The first-order valence-corrected chi connectivity index (χ1v) is 11.8. The SMILES string of the molecule is CNC(=O)CC(=O)N[C@H](C(=O)N[C@@H](CCCNC(N)=O)C(=O)Nc1ccc(COC(C)=O)cc1)C(C)C. The highest BCUT2D eigenvalue weighted by Crippen LogP contribution is 2.12. The molecule has 204 valence electrons. The summed E-state index contributed by atoms with van der Waals surface area (Å²) in [5.74, 6) is -2.99. The molecule has 13 nitrogen and oxygen atoms in total. The second kappa shape index (κ2) is 15.8. The number of benzene rings is 1. The highest BCUT2D eigenvalue weighted by Gasteiger charge is 2.29. The monoisotopic (exact) mass is 520 g/mol. The first kappa shape index (κ1) is 30.9. The van der Waals surface area contributed by atoms with E-state index >= 15 is 0 Å². The van der Waals surface area contributed by atoms with Gasteiger partial charge in [0.25, 0.3) is 0 Å². The van der Waals surface area contributed by atoms with Gasteiger partial charge in [-0.3, -0.25) is 24.0 Å². The van der Waals surface area contributed by atoms with E-state index in [1.54, 1.807) is 38.1 Å². The summed E-state index contributed by atoms with van der Waals surface area (Å²) in [6, 6.07) is 3.91. The van der Waals surface area contributed by atoms with Crippen LogP contribution in [0.1, 0.15) is 45.6 Å². The molecule has 0 unspecified atom stereocenters. The molecule has 37 heavy (non-hydrogen) atoms. The Bertz CT molecular complexity index is 965. The number of urea groups is 1. The van der Waals surface area contributed by atoms with Gasteiger partial charge in [0.15, 0.2) is 0 Å². The maximum Gasteiger partial charge on any atom is 0.312 e. The van der Waals surface area contributed by atoms with Gasteiger partial charge < -0.3 is 37.1 Å². The summed E-state index contributed by atoms with van der Waals surface area (Å²) in [5, 5.41) is 12.7. The fourth-order valence-corrected chi connectivity index (χ4v) is 3.14. The quantitative estimate of drug-likeness (QED) is 0.112. The summed E-state index contributed by atoms with van der Waals surface area (Å²) in [6.07, 6.45) is 0.0561. The van der Waals surface area contributed by atoms with E-state index in [4.69, 9.17) is 10.5 Å². The van der Waals surface area contributed by atoms with Crippen LogP contribution in [0.4, 0.5) is 10.5 Å². The number of carbonyl (C=O) groups excluding carboxylic acids is 6. The lowest BCUT2D eigenvalue weighted by Crippen LogP contribution is -2.55. The van der Waals surface area contributed by atoms with Crippen LogP contribution in [-0.4, -0.2) is 61.3 Å². The molecule has 0 saturated heterocycles. The molecule has 1 rings (SSSR count). The smallest absolute Gasteiger partial charge is 0.312 e.